The zero-order valence-electron chi connectivity index (χ0n) is 16.2. The highest BCUT2D eigenvalue weighted by Crippen LogP contribution is 2.19. The van der Waals surface area contributed by atoms with Crippen LogP contribution in [-0.4, -0.2) is 41.7 Å². The van der Waals surface area contributed by atoms with Gasteiger partial charge in [-0.05, 0) is 37.0 Å². The van der Waals surface area contributed by atoms with Gasteiger partial charge in [-0.15, -0.1) is 0 Å². The van der Waals surface area contributed by atoms with Gasteiger partial charge in [-0.3, -0.25) is 0 Å². The van der Waals surface area contributed by atoms with Crippen LogP contribution in [0.2, 0.25) is 0 Å². The minimum absolute atomic E-state index is 0.0874. The Hall–Kier alpha value is -2.83. The second-order valence-corrected chi connectivity index (χ2v) is 6.90. The summed E-state index contributed by atoms with van der Waals surface area (Å²) in [5, 5.41) is 6.16. The Morgan fingerprint density at radius 2 is 2.04 bits per heavy atom. The molecule has 2 amide bonds. The number of urea groups is 1. The van der Waals surface area contributed by atoms with E-state index in [9.17, 15) is 9.18 Å². The number of halogens is 1. The lowest BCUT2D eigenvalue weighted by atomic mass is 10.0. The highest BCUT2D eigenvalue weighted by Gasteiger charge is 2.23. The van der Waals surface area contributed by atoms with Crippen LogP contribution in [0.5, 0.6) is 5.88 Å². The van der Waals surface area contributed by atoms with Crippen LogP contribution in [0.1, 0.15) is 31.7 Å². The molecule has 1 aromatic carbocycles. The van der Waals surface area contributed by atoms with E-state index >= 15 is 0 Å². The molecule has 1 saturated heterocycles. The van der Waals surface area contributed by atoms with E-state index in [1.807, 2.05) is 25.1 Å². The molecule has 1 fully saturated rings. The number of hydrogen-bond acceptors (Lipinski definition) is 4. The first-order valence-electron chi connectivity index (χ1n) is 9.77. The van der Waals surface area contributed by atoms with Crippen molar-refractivity contribution < 1.29 is 13.9 Å². The smallest absolute Gasteiger partial charge is 0.317 e. The van der Waals surface area contributed by atoms with E-state index in [1.165, 1.54) is 6.07 Å². The molecule has 0 spiro atoms. The van der Waals surface area contributed by atoms with Crippen molar-refractivity contribution in [2.24, 2.45) is 0 Å². The van der Waals surface area contributed by atoms with E-state index in [-0.39, 0.29) is 17.9 Å². The summed E-state index contributed by atoms with van der Waals surface area (Å²) in [6.45, 7) is 4.39. The molecule has 6 nitrogen and oxygen atoms in total. The summed E-state index contributed by atoms with van der Waals surface area (Å²) in [5.74, 6) is 0.351. The predicted octanol–water partition coefficient (Wildman–Crippen LogP) is 3.80. The van der Waals surface area contributed by atoms with Gasteiger partial charge in [-0.2, -0.15) is 0 Å². The fourth-order valence-corrected chi connectivity index (χ4v) is 3.12. The summed E-state index contributed by atoms with van der Waals surface area (Å²) in [7, 11) is 0. The molecule has 0 atom stereocenters. The minimum atomic E-state index is -0.248. The van der Waals surface area contributed by atoms with Crippen molar-refractivity contribution in [1.29, 1.82) is 0 Å². The number of ether oxygens (including phenoxy) is 1. The number of para-hydroxylation sites is 1. The van der Waals surface area contributed by atoms with Crippen LogP contribution in [0, 0.1) is 5.82 Å². The van der Waals surface area contributed by atoms with Crippen molar-refractivity contribution >= 4 is 11.7 Å². The number of piperidine rings is 1. The van der Waals surface area contributed by atoms with Gasteiger partial charge in [0.15, 0.2) is 0 Å². The Labute approximate surface area is 165 Å². The van der Waals surface area contributed by atoms with Crippen LogP contribution in [0.3, 0.4) is 0 Å². The Kier molecular flexibility index (Phi) is 7.06. The van der Waals surface area contributed by atoms with Gasteiger partial charge in [0.2, 0.25) is 5.88 Å². The number of anilines is 1. The number of benzene rings is 1. The largest absolute Gasteiger partial charge is 0.478 e. The van der Waals surface area contributed by atoms with E-state index in [2.05, 4.69) is 15.6 Å². The van der Waals surface area contributed by atoms with Gasteiger partial charge in [-0.1, -0.05) is 25.1 Å². The number of nitrogens with zero attached hydrogens (tertiary/aromatic N) is 2. The van der Waals surface area contributed by atoms with Gasteiger partial charge in [0.1, 0.15) is 5.82 Å². The fraction of sp³-hybridized carbons (Fsp3) is 0.429. The van der Waals surface area contributed by atoms with Crippen LogP contribution in [0.15, 0.2) is 42.6 Å². The number of amides is 2. The van der Waals surface area contributed by atoms with Crippen molar-refractivity contribution in [3.05, 3.63) is 54.0 Å². The van der Waals surface area contributed by atoms with Crippen molar-refractivity contribution in [3.63, 3.8) is 0 Å². The molecule has 0 bridgehead atoms. The van der Waals surface area contributed by atoms with E-state index in [4.69, 9.17) is 4.74 Å². The summed E-state index contributed by atoms with van der Waals surface area (Å²) in [6, 6.07) is 10.5. The third-order valence-electron chi connectivity index (χ3n) is 4.71. The van der Waals surface area contributed by atoms with Crippen LogP contribution in [-0.2, 0) is 6.54 Å². The molecule has 1 aliphatic heterocycles. The number of rotatable bonds is 7. The van der Waals surface area contributed by atoms with E-state index in [0.717, 1.165) is 24.8 Å². The maximum Gasteiger partial charge on any atom is 0.317 e. The lowest BCUT2D eigenvalue weighted by Gasteiger charge is -2.33. The van der Waals surface area contributed by atoms with Gasteiger partial charge in [0.05, 0.1) is 12.3 Å². The average molecular weight is 386 g/mol. The number of pyridine rings is 1. The molecule has 0 radical (unpaired) electrons. The first-order valence-corrected chi connectivity index (χ1v) is 9.77. The quantitative estimate of drug-likeness (QED) is 0.760. The zero-order chi connectivity index (χ0) is 19.8. The lowest BCUT2D eigenvalue weighted by Crippen LogP contribution is -2.46. The number of hydrogen-bond donors (Lipinski definition) is 2. The van der Waals surface area contributed by atoms with Gasteiger partial charge in [0, 0.05) is 37.9 Å². The fourth-order valence-electron chi connectivity index (χ4n) is 3.12. The highest BCUT2D eigenvalue weighted by molar-refractivity contribution is 5.74. The predicted molar refractivity (Wildman–Crippen MR) is 107 cm³/mol. The topological polar surface area (TPSA) is 66.5 Å². The molecule has 0 saturated carbocycles. The third kappa shape index (κ3) is 5.58. The van der Waals surface area contributed by atoms with Crippen LogP contribution in [0.25, 0.3) is 0 Å². The summed E-state index contributed by atoms with van der Waals surface area (Å²) in [6.07, 6.45) is 4.22. The maximum absolute atomic E-state index is 13.7. The SMILES string of the molecule is CCCOc1ccc(CNC(=O)N2CCC(Nc3ccccc3F)CC2)cn1. The third-order valence-corrected chi connectivity index (χ3v) is 4.71. The second-order valence-electron chi connectivity index (χ2n) is 6.90. The molecule has 1 aliphatic rings. The molecular weight excluding hydrogens is 359 g/mol. The Bertz CT molecular complexity index is 761. The molecule has 0 unspecified atom stereocenters. The molecule has 2 aromatic rings. The molecule has 2 N–H and O–H groups in total. The van der Waals surface area contributed by atoms with Crippen molar-refractivity contribution in [1.82, 2.24) is 15.2 Å². The average Bonchev–Trinajstić information content (AvgIpc) is 2.73. The summed E-state index contributed by atoms with van der Waals surface area (Å²) in [4.78, 5) is 18.4. The Morgan fingerprint density at radius 1 is 1.25 bits per heavy atom. The maximum atomic E-state index is 13.7. The summed E-state index contributed by atoms with van der Waals surface area (Å²) < 4.78 is 19.2. The van der Waals surface area contributed by atoms with Crippen LogP contribution >= 0.6 is 0 Å². The van der Waals surface area contributed by atoms with Crippen LogP contribution < -0.4 is 15.4 Å². The highest BCUT2D eigenvalue weighted by atomic mass is 19.1. The molecule has 28 heavy (non-hydrogen) atoms. The number of carbonyl (C=O) groups excluding carboxylic acids is 1. The molecular formula is C21H27FN4O2. The summed E-state index contributed by atoms with van der Waals surface area (Å²) >= 11 is 0. The van der Waals surface area contributed by atoms with Crippen molar-refractivity contribution in [3.8, 4) is 5.88 Å². The molecule has 0 aliphatic carbocycles. The zero-order valence-corrected chi connectivity index (χ0v) is 16.2. The molecule has 1 aromatic heterocycles. The standard InChI is InChI=1S/C21H27FN4O2/c1-2-13-28-20-8-7-16(14-23-20)15-24-21(27)26-11-9-17(10-12-26)25-19-6-4-3-5-18(19)22/h3-8,14,17,25H,2,9-13,15H2,1H3,(H,24,27). The number of likely N-dealkylation sites (tertiary alicyclic amines) is 1. The van der Waals surface area contributed by atoms with Crippen molar-refractivity contribution in [2.45, 2.75) is 38.8 Å². The number of carbonyl (C=O) groups is 1. The van der Waals surface area contributed by atoms with Crippen LogP contribution in [0.4, 0.5) is 14.9 Å². The number of nitrogens with one attached hydrogen (secondary N) is 2. The van der Waals surface area contributed by atoms with E-state index in [1.54, 1.807) is 23.2 Å². The first kappa shape index (κ1) is 19.9. The second kappa shape index (κ2) is 9.92. The molecule has 2 heterocycles. The normalized spacial score (nSPS) is 14.6. The van der Waals surface area contributed by atoms with E-state index < -0.39 is 0 Å². The van der Waals surface area contributed by atoms with Crippen molar-refractivity contribution in [2.75, 3.05) is 25.0 Å². The Morgan fingerprint density at radius 3 is 2.71 bits per heavy atom. The molecule has 7 heteroatoms. The summed E-state index contributed by atoms with van der Waals surface area (Å²) in [5.41, 5.74) is 1.44. The minimum Gasteiger partial charge on any atom is -0.478 e. The van der Waals surface area contributed by atoms with Gasteiger partial charge in [-0.25, -0.2) is 14.2 Å². The monoisotopic (exact) mass is 386 g/mol. The van der Waals surface area contributed by atoms with Gasteiger partial charge in [0.25, 0.3) is 0 Å². The van der Waals surface area contributed by atoms with E-state index in [0.29, 0.717) is 37.8 Å². The van der Waals surface area contributed by atoms with Gasteiger partial charge >= 0.3 is 6.03 Å². The molecule has 3 rings (SSSR count). The molecule has 150 valence electrons. The van der Waals surface area contributed by atoms with Gasteiger partial charge < -0.3 is 20.3 Å². The lowest BCUT2D eigenvalue weighted by molar-refractivity contribution is 0.183. The first-order chi connectivity index (χ1) is 13.7. The number of aromatic nitrogens is 1. The Balaban J connectivity index is 1.41.